The summed E-state index contributed by atoms with van der Waals surface area (Å²) in [5, 5.41) is 3.76. The van der Waals surface area contributed by atoms with Crippen molar-refractivity contribution in [1.82, 2.24) is 15.0 Å². The van der Waals surface area contributed by atoms with Crippen LogP contribution in [0.15, 0.2) is 87.1 Å². The van der Waals surface area contributed by atoms with Gasteiger partial charge in [0.1, 0.15) is 20.1 Å². The molecule has 3 nitrogen and oxygen atoms in total. The van der Waals surface area contributed by atoms with E-state index >= 15 is 0 Å². The molecule has 0 aliphatic carbocycles. The zero-order valence-electron chi connectivity index (χ0n) is 10.5. The summed E-state index contributed by atoms with van der Waals surface area (Å²) in [4.78, 5) is 13.2. The van der Waals surface area contributed by atoms with Crippen LogP contribution in [0.5, 0.6) is 0 Å². The quantitative estimate of drug-likeness (QED) is 0.722. The topological polar surface area (TPSA) is 38.7 Å². The smallest absolute Gasteiger partial charge is 0.104 e. The van der Waals surface area contributed by atoms with E-state index in [1.807, 2.05) is 54.6 Å². The molecule has 3 heterocycles. The fourth-order valence-corrected chi connectivity index (χ4v) is 3.13. The number of aromatic nitrogens is 3. The van der Waals surface area contributed by atoms with Crippen LogP contribution in [-0.2, 0) is 0 Å². The second-order valence-corrected chi connectivity index (χ2v) is 5.94. The van der Waals surface area contributed by atoms with Crippen molar-refractivity contribution in [2.45, 2.75) is 20.1 Å². The second kappa shape index (κ2) is 6.54. The largest absolute Gasteiger partial charge is 0.250 e. The van der Waals surface area contributed by atoms with Crippen molar-refractivity contribution in [3.63, 3.8) is 0 Å². The first-order valence-corrected chi connectivity index (χ1v) is 7.68. The van der Waals surface area contributed by atoms with Gasteiger partial charge in [-0.05, 0) is 36.4 Å². The zero-order chi connectivity index (χ0) is 13.6. The first-order valence-electron chi connectivity index (χ1n) is 6.05. The first kappa shape index (κ1) is 13.1. The van der Waals surface area contributed by atoms with Gasteiger partial charge < -0.3 is 0 Å². The summed E-state index contributed by atoms with van der Waals surface area (Å²) in [5.74, 6) is 0. The van der Waals surface area contributed by atoms with Crippen molar-refractivity contribution in [3.05, 3.63) is 67.0 Å². The zero-order valence-corrected chi connectivity index (χ0v) is 12.1. The van der Waals surface area contributed by atoms with E-state index < -0.39 is 0 Å². The van der Waals surface area contributed by atoms with Crippen LogP contribution in [0.25, 0.3) is 0 Å². The molecule has 0 atom stereocenters. The molecule has 3 aromatic rings. The average molecular weight is 297 g/mol. The maximum Gasteiger partial charge on any atom is 0.104 e. The van der Waals surface area contributed by atoms with Gasteiger partial charge in [0.25, 0.3) is 0 Å². The van der Waals surface area contributed by atoms with Crippen LogP contribution < -0.4 is 0 Å². The van der Waals surface area contributed by atoms with Crippen molar-refractivity contribution < 1.29 is 0 Å². The van der Waals surface area contributed by atoms with E-state index in [0.29, 0.717) is 0 Å². The summed E-state index contributed by atoms with van der Waals surface area (Å²) in [6.07, 6.45) is 3.57. The molecule has 0 spiro atoms. The maximum absolute atomic E-state index is 4.61. The minimum absolute atomic E-state index is 0.935. The van der Waals surface area contributed by atoms with Crippen LogP contribution in [0, 0.1) is 0 Å². The number of nitrogens with zero attached hydrogens (tertiary/aromatic N) is 3. The van der Waals surface area contributed by atoms with Crippen molar-refractivity contribution in [2.24, 2.45) is 0 Å². The second-order valence-electron chi connectivity index (χ2n) is 3.85. The minimum Gasteiger partial charge on any atom is -0.250 e. The van der Waals surface area contributed by atoms with Gasteiger partial charge in [0.2, 0.25) is 0 Å². The molecule has 3 rings (SSSR count). The first-order chi connectivity index (χ1) is 9.90. The van der Waals surface area contributed by atoms with Gasteiger partial charge in [0.05, 0.1) is 0 Å². The van der Waals surface area contributed by atoms with Crippen molar-refractivity contribution >= 4 is 23.5 Å². The van der Waals surface area contributed by atoms with Gasteiger partial charge in [-0.15, -0.1) is 0 Å². The third kappa shape index (κ3) is 3.59. The summed E-state index contributed by atoms with van der Waals surface area (Å²) in [6.45, 7) is 0. The Hall–Kier alpha value is -1.85. The molecule has 98 valence electrons. The normalized spacial score (nSPS) is 10.4. The Balaban J connectivity index is 1.76. The Labute approximate surface area is 125 Å². The van der Waals surface area contributed by atoms with Crippen LogP contribution in [-0.4, -0.2) is 15.0 Å². The van der Waals surface area contributed by atoms with Gasteiger partial charge in [-0.1, -0.05) is 41.7 Å². The number of hydrogen-bond donors (Lipinski definition) is 0. The third-order valence-electron chi connectivity index (χ3n) is 2.39. The fourth-order valence-electron chi connectivity index (χ4n) is 1.54. The van der Waals surface area contributed by atoms with Crippen molar-refractivity contribution in [3.8, 4) is 0 Å². The molecular formula is C15H11N3S2. The van der Waals surface area contributed by atoms with Gasteiger partial charge in [0.15, 0.2) is 0 Å². The molecule has 0 N–H and O–H groups in total. The predicted octanol–water partition coefficient (Wildman–Crippen LogP) is 4.17. The van der Waals surface area contributed by atoms with E-state index in [1.165, 1.54) is 0 Å². The molecular weight excluding hydrogens is 286 g/mol. The van der Waals surface area contributed by atoms with Gasteiger partial charge in [0, 0.05) is 12.4 Å². The lowest BCUT2D eigenvalue weighted by Crippen LogP contribution is -1.85. The van der Waals surface area contributed by atoms with Gasteiger partial charge in [-0.3, -0.25) is 0 Å². The summed E-state index contributed by atoms with van der Waals surface area (Å²) < 4.78 is 0. The molecule has 0 aromatic carbocycles. The Morgan fingerprint density at radius 1 is 0.550 bits per heavy atom. The lowest BCUT2D eigenvalue weighted by atomic mass is 10.5. The summed E-state index contributed by atoms with van der Waals surface area (Å²) >= 11 is 3.11. The molecule has 0 saturated carbocycles. The monoisotopic (exact) mass is 297 g/mol. The van der Waals surface area contributed by atoms with E-state index in [4.69, 9.17) is 0 Å². The molecule has 3 aromatic heterocycles. The fraction of sp³-hybridized carbons (Fsp3) is 0. The van der Waals surface area contributed by atoms with Gasteiger partial charge in [-0.2, -0.15) is 0 Å². The number of pyridine rings is 3. The molecule has 0 aliphatic rings. The highest BCUT2D eigenvalue weighted by Gasteiger charge is 2.03. The maximum atomic E-state index is 4.61. The van der Waals surface area contributed by atoms with E-state index in [9.17, 15) is 0 Å². The molecule has 0 fully saturated rings. The Morgan fingerprint density at radius 3 is 1.50 bits per heavy atom. The van der Waals surface area contributed by atoms with Crippen LogP contribution in [0.1, 0.15) is 0 Å². The number of rotatable bonds is 4. The molecule has 0 amide bonds. The lowest BCUT2D eigenvalue weighted by Gasteiger charge is -2.03. The highest BCUT2D eigenvalue weighted by Crippen LogP contribution is 2.28. The van der Waals surface area contributed by atoms with E-state index in [-0.39, 0.29) is 0 Å². The highest BCUT2D eigenvalue weighted by molar-refractivity contribution is 7.99. The van der Waals surface area contributed by atoms with Gasteiger partial charge in [-0.25, -0.2) is 15.0 Å². The molecule has 0 saturated heterocycles. The Bertz CT molecular complexity index is 618. The third-order valence-corrected chi connectivity index (χ3v) is 4.17. The van der Waals surface area contributed by atoms with Crippen molar-refractivity contribution in [2.75, 3.05) is 0 Å². The van der Waals surface area contributed by atoms with E-state index in [1.54, 1.807) is 35.9 Å². The molecule has 0 bridgehead atoms. The SMILES string of the molecule is c1ccc(Sc2cccc(Sc3ccccn3)n2)nc1. The molecule has 20 heavy (non-hydrogen) atoms. The van der Waals surface area contributed by atoms with Crippen molar-refractivity contribution in [1.29, 1.82) is 0 Å². The average Bonchev–Trinajstić information content (AvgIpc) is 2.50. The summed E-state index contributed by atoms with van der Waals surface area (Å²) in [5.41, 5.74) is 0. The molecule has 0 radical (unpaired) electrons. The van der Waals surface area contributed by atoms with Crippen LogP contribution in [0.3, 0.4) is 0 Å². The van der Waals surface area contributed by atoms with Crippen LogP contribution in [0.4, 0.5) is 0 Å². The minimum atomic E-state index is 0.935. The van der Waals surface area contributed by atoms with Crippen LogP contribution >= 0.6 is 23.5 Å². The Morgan fingerprint density at radius 2 is 1.05 bits per heavy atom. The van der Waals surface area contributed by atoms with E-state index in [2.05, 4.69) is 15.0 Å². The molecule has 0 aliphatic heterocycles. The predicted molar refractivity (Wildman–Crippen MR) is 81.0 cm³/mol. The molecule has 0 unspecified atom stereocenters. The summed E-state index contributed by atoms with van der Waals surface area (Å²) in [6, 6.07) is 17.7. The summed E-state index contributed by atoms with van der Waals surface area (Å²) in [7, 11) is 0. The van der Waals surface area contributed by atoms with Crippen LogP contribution in [0.2, 0.25) is 0 Å². The highest BCUT2D eigenvalue weighted by atomic mass is 32.2. The molecule has 5 heteroatoms. The van der Waals surface area contributed by atoms with Gasteiger partial charge >= 0.3 is 0 Å². The Kier molecular flexibility index (Phi) is 4.30. The standard InChI is InChI=1S/C15H11N3S2/c1-3-10-16-12(6-1)19-14-8-5-9-15(18-14)20-13-7-2-4-11-17-13/h1-11H. The number of hydrogen-bond acceptors (Lipinski definition) is 5. The van der Waals surface area contributed by atoms with E-state index in [0.717, 1.165) is 20.1 Å². The lowest BCUT2D eigenvalue weighted by molar-refractivity contribution is 0.993.